The van der Waals surface area contributed by atoms with E-state index in [0.29, 0.717) is 5.92 Å². The number of likely N-dealkylation sites (N-methyl/N-ethyl adjacent to an activating group) is 1. The molecule has 17 heavy (non-hydrogen) atoms. The monoisotopic (exact) mass is 241 g/mol. The molecule has 0 aromatic carbocycles. The van der Waals surface area contributed by atoms with E-state index in [0.717, 1.165) is 19.1 Å². The summed E-state index contributed by atoms with van der Waals surface area (Å²) in [6.45, 7) is 8.87. The Morgan fingerprint density at radius 2 is 2.24 bits per heavy atom. The molecule has 102 valence electrons. The Labute approximate surface area is 108 Å². The van der Waals surface area contributed by atoms with Gasteiger partial charge in [-0.15, -0.1) is 0 Å². The summed E-state index contributed by atoms with van der Waals surface area (Å²) >= 11 is 0. The third-order valence-electron chi connectivity index (χ3n) is 4.00. The van der Waals surface area contributed by atoms with Crippen molar-refractivity contribution in [2.45, 2.75) is 64.9 Å². The largest absolute Gasteiger partial charge is 0.373 e. The molecule has 0 radical (unpaired) electrons. The highest BCUT2D eigenvalue weighted by molar-refractivity contribution is 4.89. The quantitative estimate of drug-likeness (QED) is 0.735. The first-order chi connectivity index (χ1) is 8.12. The van der Waals surface area contributed by atoms with Gasteiger partial charge < -0.3 is 10.1 Å². The molecule has 2 nitrogen and oxygen atoms in total. The molecule has 1 saturated carbocycles. The molecule has 0 bridgehead atoms. The predicted molar refractivity (Wildman–Crippen MR) is 74.3 cm³/mol. The Morgan fingerprint density at radius 3 is 2.82 bits per heavy atom. The van der Waals surface area contributed by atoms with E-state index in [1.165, 1.54) is 38.5 Å². The van der Waals surface area contributed by atoms with Gasteiger partial charge in [-0.1, -0.05) is 40.0 Å². The lowest BCUT2D eigenvalue weighted by Gasteiger charge is -2.40. The van der Waals surface area contributed by atoms with Gasteiger partial charge in [-0.05, 0) is 38.1 Å². The second-order valence-electron chi connectivity index (χ2n) is 6.12. The maximum atomic E-state index is 6.33. The van der Waals surface area contributed by atoms with Gasteiger partial charge in [-0.25, -0.2) is 0 Å². The summed E-state index contributed by atoms with van der Waals surface area (Å²) in [7, 11) is 2.04. The van der Waals surface area contributed by atoms with Gasteiger partial charge in [-0.3, -0.25) is 0 Å². The number of hydrogen-bond donors (Lipinski definition) is 1. The number of rotatable bonds is 7. The van der Waals surface area contributed by atoms with E-state index in [1.807, 2.05) is 7.05 Å². The molecule has 0 aromatic rings. The molecule has 2 heteroatoms. The molecule has 0 saturated heterocycles. The highest BCUT2D eigenvalue weighted by atomic mass is 16.5. The van der Waals surface area contributed by atoms with Gasteiger partial charge in [0.1, 0.15) is 0 Å². The molecule has 1 aliphatic rings. The first-order valence-corrected chi connectivity index (χ1v) is 7.40. The van der Waals surface area contributed by atoms with Crippen LogP contribution >= 0.6 is 0 Å². The summed E-state index contributed by atoms with van der Waals surface area (Å²) in [6, 6.07) is 0. The average Bonchev–Trinajstić information content (AvgIpc) is 2.27. The van der Waals surface area contributed by atoms with Crippen LogP contribution in [0.1, 0.15) is 59.3 Å². The summed E-state index contributed by atoms with van der Waals surface area (Å²) in [5, 5.41) is 3.33. The number of ether oxygens (including phenoxy) is 1. The topological polar surface area (TPSA) is 21.3 Å². The zero-order chi connectivity index (χ0) is 12.7. The van der Waals surface area contributed by atoms with Crippen LogP contribution in [0.25, 0.3) is 0 Å². The molecule has 0 aliphatic heterocycles. The van der Waals surface area contributed by atoms with E-state index in [-0.39, 0.29) is 5.60 Å². The van der Waals surface area contributed by atoms with E-state index in [9.17, 15) is 0 Å². The number of hydrogen-bond acceptors (Lipinski definition) is 2. The van der Waals surface area contributed by atoms with E-state index < -0.39 is 0 Å². The summed E-state index contributed by atoms with van der Waals surface area (Å²) in [5.41, 5.74) is 0.119. The van der Waals surface area contributed by atoms with Crippen LogP contribution < -0.4 is 5.32 Å². The zero-order valence-electron chi connectivity index (χ0n) is 12.2. The van der Waals surface area contributed by atoms with Crippen molar-refractivity contribution in [3.63, 3.8) is 0 Å². The Bertz CT molecular complexity index is 203. The normalized spacial score (nSPS) is 31.4. The van der Waals surface area contributed by atoms with Crippen molar-refractivity contribution >= 4 is 0 Å². The minimum atomic E-state index is 0.119. The third kappa shape index (κ3) is 4.97. The molecule has 3 unspecified atom stereocenters. The van der Waals surface area contributed by atoms with Crippen LogP contribution in [-0.2, 0) is 4.74 Å². The summed E-state index contributed by atoms with van der Waals surface area (Å²) < 4.78 is 6.33. The molecule has 0 amide bonds. The van der Waals surface area contributed by atoms with E-state index in [4.69, 9.17) is 4.74 Å². The summed E-state index contributed by atoms with van der Waals surface area (Å²) in [4.78, 5) is 0. The molecule has 1 rings (SSSR count). The third-order valence-corrected chi connectivity index (χ3v) is 4.00. The standard InChI is InChI=1S/C15H31NO/c1-5-7-14(3)11-17-15(12-16-4)9-6-8-13(2)10-15/h13-14,16H,5-12H2,1-4H3. The molecular weight excluding hydrogens is 210 g/mol. The van der Waals surface area contributed by atoms with Crippen molar-refractivity contribution < 1.29 is 4.74 Å². The fourth-order valence-corrected chi connectivity index (χ4v) is 3.17. The SMILES string of the molecule is CCCC(C)COC1(CNC)CCCC(C)C1. The molecule has 0 spiro atoms. The van der Waals surface area contributed by atoms with Crippen LogP contribution in [0.3, 0.4) is 0 Å². The van der Waals surface area contributed by atoms with Crippen molar-refractivity contribution in [3.05, 3.63) is 0 Å². The van der Waals surface area contributed by atoms with Crippen molar-refractivity contribution in [2.24, 2.45) is 11.8 Å². The average molecular weight is 241 g/mol. The molecule has 1 N–H and O–H groups in total. The smallest absolute Gasteiger partial charge is 0.0808 e. The molecular formula is C15H31NO. The summed E-state index contributed by atoms with van der Waals surface area (Å²) in [6.07, 6.45) is 7.71. The maximum Gasteiger partial charge on any atom is 0.0808 e. The fourth-order valence-electron chi connectivity index (χ4n) is 3.17. The molecule has 3 atom stereocenters. The van der Waals surface area contributed by atoms with Gasteiger partial charge >= 0.3 is 0 Å². The van der Waals surface area contributed by atoms with Crippen molar-refractivity contribution in [1.29, 1.82) is 0 Å². The Balaban J connectivity index is 2.46. The second kappa shape index (κ2) is 7.38. The van der Waals surface area contributed by atoms with Gasteiger partial charge in [0.05, 0.1) is 5.60 Å². The molecule has 0 aromatic heterocycles. The van der Waals surface area contributed by atoms with Gasteiger partial charge in [0.15, 0.2) is 0 Å². The lowest BCUT2D eigenvalue weighted by molar-refractivity contribution is -0.0896. The fraction of sp³-hybridized carbons (Fsp3) is 1.00. The second-order valence-corrected chi connectivity index (χ2v) is 6.12. The van der Waals surface area contributed by atoms with Crippen molar-refractivity contribution in [3.8, 4) is 0 Å². The lowest BCUT2D eigenvalue weighted by Crippen LogP contribution is -2.46. The van der Waals surface area contributed by atoms with E-state index >= 15 is 0 Å². The van der Waals surface area contributed by atoms with Crippen molar-refractivity contribution in [2.75, 3.05) is 20.2 Å². The van der Waals surface area contributed by atoms with E-state index in [2.05, 4.69) is 26.1 Å². The predicted octanol–water partition coefficient (Wildman–Crippen LogP) is 3.61. The first kappa shape index (κ1) is 15.0. The van der Waals surface area contributed by atoms with Gasteiger partial charge in [0, 0.05) is 13.2 Å². The lowest BCUT2D eigenvalue weighted by atomic mass is 9.78. The van der Waals surface area contributed by atoms with Crippen LogP contribution in [0.4, 0.5) is 0 Å². The molecule has 1 aliphatic carbocycles. The summed E-state index contributed by atoms with van der Waals surface area (Å²) in [5.74, 6) is 1.52. The highest BCUT2D eigenvalue weighted by Gasteiger charge is 2.35. The van der Waals surface area contributed by atoms with E-state index in [1.54, 1.807) is 0 Å². The molecule has 1 fully saturated rings. The minimum absolute atomic E-state index is 0.119. The Kier molecular flexibility index (Phi) is 6.50. The van der Waals surface area contributed by atoms with Gasteiger partial charge in [-0.2, -0.15) is 0 Å². The van der Waals surface area contributed by atoms with Crippen LogP contribution in [0.15, 0.2) is 0 Å². The Morgan fingerprint density at radius 1 is 1.47 bits per heavy atom. The van der Waals surface area contributed by atoms with Crippen LogP contribution in [0.2, 0.25) is 0 Å². The maximum absolute atomic E-state index is 6.33. The minimum Gasteiger partial charge on any atom is -0.373 e. The highest BCUT2D eigenvalue weighted by Crippen LogP contribution is 2.35. The first-order valence-electron chi connectivity index (χ1n) is 7.40. The zero-order valence-corrected chi connectivity index (χ0v) is 12.2. The Hall–Kier alpha value is -0.0800. The van der Waals surface area contributed by atoms with Crippen molar-refractivity contribution in [1.82, 2.24) is 5.32 Å². The van der Waals surface area contributed by atoms with Gasteiger partial charge in [0.25, 0.3) is 0 Å². The van der Waals surface area contributed by atoms with Crippen LogP contribution in [0, 0.1) is 11.8 Å². The van der Waals surface area contributed by atoms with Gasteiger partial charge in [0.2, 0.25) is 0 Å². The number of nitrogens with one attached hydrogen (secondary N) is 1. The van der Waals surface area contributed by atoms with Crippen LogP contribution in [0.5, 0.6) is 0 Å². The molecule has 0 heterocycles. The van der Waals surface area contributed by atoms with Crippen LogP contribution in [-0.4, -0.2) is 25.8 Å².